The first-order valence-corrected chi connectivity index (χ1v) is 6.78. The standard InChI is InChI=1S/C15H23NO3/c1-4-5-6-9-18-14-8-7-12(10-13(14)16)15(17)19-11(2)3/h7-8,10-11H,4-6,9,16H2,1-3H3. The Balaban J connectivity index is 2.61. The van der Waals surface area contributed by atoms with Gasteiger partial charge in [-0.25, -0.2) is 4.79 Å². The van der Waals surface area contributed by atoms with Crippen molar-refractivity contribution < 1.29 is 14.3 Å². The Bertz CT molecular complexity index is 416. The van der Waals surface area contributed by atoms with Gasteiger partial charge < -0.3 is 15.2 Å². The number of benzene rings is 1. The molecule has 0 aliphatic rings. The summed E-state index contributed by atoms with van der Waals surface area (Å²) in [7, 11) is 0. The summed E-state index contributed by atoms with van der Waals surface area (Å²) in [5.74, 6) is 0.261. The topological polar surface area (TPSA) is 61.5 Å². The van der Waals surface area contributed by atoms with Crippen LogP contribution in [0.5, 0.6) is 5.75 Å². The van der Waals surface area contributed by atoms with Crippen LogP contribution < -0.4 is 10.5 Å². The van der Waals surface area contributed by atoms with Gasteiger partial charge in [0.15, 0.2) is 0 Å². The fraction of sp³-hybridized carbons (Fsp3) is 0.533. The molecular weight excluding hydrogens is 242 g/mol. The zero-order chi connectivity index (χ0) is 14.3. The molecule has 0 radical (unpaired) electrons. The molecule has 4 heteroatoms. The van der Waals surface area contributed by atoms with Crippen LogP contribution in [0, 0.1) is 0 Å². The monoisotopic (exact) mass is 265 g/mol. The van der Waals surface area contributed by atoms with Gasteiger partial charge in [0.2, 0.25) is 0 Å². The number of carbonyl (C=O) groups is 1. The zero-order valence-corrected chi connectivity index (χ0v) is 11.9. The van der Waals surface area contributed by atoms with Crippen LogP contribution in [0.4, 0.5) is 5.69 Å². The number of ether oxygens (including phenoxy) is 2. The molecule has 0 atom stereocenters. The van der Waals surface area contributed by atoms with Gasteiger partial charge in [-0.05, 0) is 38.5 Å². The second kappa shape index (κ2) is 7.67. The van der Waals surface area contributed by atoms with Gasteiger partial charge in [0.1, 0.15) is 5.75 Å². The van der Waals surface area contributed by atoms with E-state index in [1.54, 1.807) is 18.2 Å². The van der Waals surface area contributed by atoms with Gasteiger partial charge in [0, 0.05) is 0 Å². The molecule has 0 aromatic heterocycles. The minimum absolute atomic E-state index is 0.140. The molecule has 0 saturated heterocycles. The minimum atomic E-state index is -0.362. The lowest BCUT2D eigenvalue weighted by Crippen LogP contribution is -2.12. The van der Waals surface area contributed by atoms with Crippen molar-refractivity contribution in [1.29, 1.82) is 0 Å². The van der Waals surface area contributed by atoms with Crippen molar-refractivity contribution in [2.24, 2.45) is 0 Å². The van der Waals surface area contributed by atoms with E-state index >= 15 is 0 Å². The summed E-state index contributed by atoms with van der Waals surface area (Å²) in [6.07, 6.45) is 3.16. The molecule has 19 heavy (non-hydrogen) atoms. The molecule has 4 nitrogen and oxygen atoms in total. The number of nitrogens with two attached hydrogens (primary N) is 1. The van der Waals surface area contributed by atoms with E-state index in [0.29, 0.717) is 23.6 Å². The van der Waals surface area contributed by atoms with Crippen molar-refractivity contribution >= 4 is 11.7 Å². The Kier molecular flexibility index (Phi) is 6.19. The van der Waals surface area contributed by atoms with E-state index in [-0.39, 0.29) is 12.1 Å². The molecular formula is C15H23NO3. The number of unbranched alkanes of at least 4 members (excludes halogenated alkanes) is 2. The summed E-state index contributed by atoms with van der Waals surface area (Å²) < 4.78 is 10.7. The molecule has 0 bridgehead atoms. The first kappa shape index (κ1) is 15.3. The number of esters is 1. The Hall–Kier alpha value is -1.71. The molecule has 0 spiro atoms. The number of carbonyl (C=O) groups excluding carboxylic acids is 1. The van der Waals surface area contributed by atoms with Crippen LogP contribution in [0.1, 0.15) is 50.4 Å². The molecule has 1 aromatic rings. The van der Waals surface area contributed by atoms with Crippen molar-refractivity contribution in [3.05, 3.63) is 23.8 Å². The molecule has 0 aliphatic heterocycles. The van der Waals surface area contributed by atoms with Gasteiger partial charge in [0.25, 0.3) is 0 Å². The molecule has 0 aliphatic carbocycles. The molecule has 1 rings (SSSR count). The smallest absolute Gasteiger partial charge is 0.338 e. The van der Waals surface area contributed by atoms with Crippen molar-refractivity contribution in [3.8, 4) is 5.75 Å². The Morgan fingerprint density at radius 1 is 1.32 bits per heavy atom. The maximum atomic E-state index is 11.7. The Morgan fingerprint density at radius 2 is 2.05 bits per heavy atom. The SMILES string of the molecule is CCCCCOc1ccc(C(=O)OC(C)C)cc1N. The Morgan fingerprint density at radius 3 is 2.63 bits per heavy atom. The van der Waals surface area contributed by atoms with Crippen molar-refractivity contribution in [2.75, 3.05) is 12.3 Å². The molecule has 2 N–H and O–H groups in total. The van der Waals surface area contributed by atoms with Gasteiger partial charge in [0.05, 0.1) is 24.0 Å². The van der Waals surface area contributed by atoms with Crippen molar-refractivity contribution in [2.45, 2.75) is 46.1 Å². The molecule has 1 aromatic carbocycles. The van der Waals surface area contributed by atoms with E-state index in [4.69, 9.17) is 15.2 Å². The van der Waals surface area contributed by atoms with Crippen LogP contribution in [0.3, 0.4) is 0 Å². The Labute approximate surface area is 114 Å². The quantitative estimate of drug-likeness (QED) is 0.466. The summed E-state index contributed by atoms with van der Waals surface area (Å²) in [4.78, 5) is 11.7. The highest BCUT2D eigenvalue weighted by Crippen LogP contribution is 2.23. The average molecular weight is 265 g/mol. The van der Waals surface area contributed by atoms with Crippen LogP contribution in [-0.2, 0) is 4.74 Å². The van der Waals surface area contributed by atoms with Gasteiger partial charge in [-0.2, -0.15) is 0 Å². The molecule has 106 valence electrons. The first-order valence-electron chi connectivity index (χ1n) is 6.78. The predicted molar refractivity (Wildman–Crippen MR) is 76.4 cm³/mol. The highest BCUT2D eigenvalue weighted by atomic mass is 16.5. The highest BCUT2D eigenvalue weighted by Gasteiger charge is 2.11. The van der Waals surface area contributed by atoms with Gasteiger partial charge >= 0.3 is 5.97 Å². The van der Waals surface area contributed by atoms with E-state index in [2.05, 4.69) is 6.92 Å². The summed E-state index contributed by atoms with van der Waals surface area (Å²) in [6, 6.07) is 4.99. The van der Waals surface area contributed by atoms with Crippen LogP contribution in [-0.4, -0.2) is 18.7 Å². The van der Waals surface area contributed by atoms with E-state index in [1.165, 1.54) is 0 Å². The predicted octanol–water partition coefficient (Wildman–Crippen LogP) is 3.40. The molecule has 0 fully saturated rings. The average Bonchev–Trinajstić information content (AvgIpc) is 2.35. The molecule has 0 heterocycles. The zero-order valence-electron chi connectivity index (χ0n) is 11.9. The largest absolute Gasteiger partial charge is 0.491 e. The summed E-state index contributed by atoms with van der Waals surface area (Å²) in [6.45, 7) is 6.41. The van der Waals surface area contributed by atoms with Gasteiger partial charge in [-0.1, -0.05) is 19.8 Å². The van der Waals surface area contributed by atoms with E-state index < -0.39 is 0 Å². The summed E-state index contributed by atoms with van der Waals surface area (Å²) in [5, 5.41) is 0. The number of hydrogen-bond donors (Lipinski definition) is 1. The maximum absolute atomic E-state index is 11.7. The summed E-state index contributed by atoms with van der Waals surface area (Å²) in [5.41, 5.74) is 6.79. The van der Waals surface area contributed by atoms with Crippen LogP contribution in [0.2, 0.25) is 0 Å². The molecule has 0 amide bonds. The van der Waals surface area contributed by atoms with E-state index in [0.717, 1.165) is 19.3 Å². The fourth-order valence-electron chi connectivity index (χ4n) is 1.62. The number of nitrogen functional groups attached to an aromatic ring is 1. The fourth-order valence-corrected chi connectivity index (χ4v) is 1.62. The number of anilines is 1. The first-order chi connectivity index (χ1) is 9.04. The van der Waals surface area contributed by atoms with Gasteiger partial charge in [-0.3, -0.25) is 0 Å². The summed E-state index contributed by atoms with van der Waals surface area (Å²) >= 11 is 0. The van der Waals surface area contributed by atoms with Crippen molar-refractivity contribution in [1.82, 2.24) is 0 Å². The molecule has 0 unspecified atom stereocenters. The maximum Gasteiger partial charge on any atom is 0.338 e. The van der Waals surface area contributed by atoms with Crippen molar-refractivity contribution in [3.63, 3.8) is 0 Å². The number of hydrogen-bond acceptors (Lipinski definition) is 4. The third kappa shape index (κ3) is 5.20. The third-order valence-electron chi connectivity index (χ3n) is 2.59. The molecule has 0 saturated carbocycles. The van der Waals surface area contributed by atoms with E-state index in [1.807, 2.05) is 13.8 Å². The van der Waals surface area contributed by atoms with Gasteiger partial charge in [-0.15, -0.1) is 0 Å². The number of rotatable bonds is 7. The lowest BCUT2D eigenvalue weighted by molar-refractivity contribution is 0.0378. The lowest BCUT2D eigenvalue weighted by atomic mass is 10.2. The van der Waals surface area contributed by atoms with Crippen LogP contribution >= 0.6 is 0 Å². The minimum Gasteiger partial charge on any atom is -0.491 e. The van der Waals surface area contributed by atoms with Crippen LogP contribution in [0.25, 0.3) is 0 Å². The third-order valence-corrected chi connectivity index (χ3v) is 2.59. The highest BCUT2D eigenvalue weighted by molar-refractivity contribution is 5.91. The van der Waals surface area contributed by atoms with Crippen LogP contribution in [0.15, 0.2) is 18.2 Å². The van der Waals surface area contributed by atoms with E-state index in [9.17, 15) is 4.79 Å². The normalized spacial score (nSPS) is 10.5. The second-order valence-electron chi connectivity index (χ2n) is 4.76. The second-order valence-corrected chi connectivity index (χ2v) is 4.76. The lowest BCUT2D eigenvalue weighted by Gasteiger charge is -2.11.